The zero-order valence-electron chi connectivity index (χ0n) is 33.6. The summed E-state index contributed by atoms with van der Waals surface area (Å²) in [6.45, 7) is 6.44. The normalized spacial score (nSPS) is 12.3. The summed E-state index contributed by atoms with van der Waals surface area (Å²) in [6, 6.07) is 0. The first-order chi connectivity index (χ1) is 25.0. The molecule has 0 spiro atoms. The lowest BCUT2D eigenvalue weighted by atomic mass is 10.0. The monoisotopic (exact) mass is 717 g/mol. The van der Waals surface area contributed by atoms with E-state index in [2.05, 4.69) is 57.2 Å². The Hall–Kier alpha value is -2.37. The first-order valence-corrected chi connectivity index (χ1v) is 21.5. The minimum Gasteiger partial charge on any atom is -0.462 e. The van der Waals surface area contributed by atoms with Crippen LogP contribution in [0.2, 0.25) is 0 Å². The van der Waals surface area contributed by atoms with Gasteiger partial charge in [-0.3, -0.25) is 14.4 Å². The van der Waals surface area contributed by atoms with Gasteiger partial charge in [-0.15, -0.1) is 0 Å². The highest BCUT2D eigenvalue weighted by molar-refractivity contribution is 5.71. The Labute approximate surface area is 315 Å². The van der Waals surface area contributed by atoms with E-state index < -0.39 is 6.10 Å². The smallest absolute Gasteiger partial charge is 0.306 e. The van der Waals surface area contributed by atoms with Crippen molar-refractivity contribution in [2.45, 2.75) is 219 Å². The van der Waals surface area contributed by atoms with Crippen molar-refractivity contribution in [3.05, 3.63) is 36.5 Å². The van der Waals surface area contributed by atoms with Crippen LogP contribution in [0, 0.1) is 0 Å². The molecule has 0 aliphatic carbocycles. The predicted molar refractivity (Wildman–Crippen MR) is 215 cm³/mol. The number of hydrogen-bond acceptors (Lipinski definition) is 6. The van der Waals surface area contributed by atoms with E-state index in [1.165, 1.54) is 103 Å². The average Bonchev–Trinajstić information content (AvgIpc) is 3.12. The Morgan fingerprint density at radius 1 is 0.412 bits per heavy atom. The fraction of sp³-hybridized carbons (Fsp3) is 0.800. The van der Waals surface area contributed by atoms with Crippen LogP contribution >= 0.6 is 0 Å². The number of carbonyl (C=O) groups is 3. The molecule has 1 unspecified atom stereocenters. The maximum Gasteiger partial charge on any atom is 0.306 e. The van der Waals surface area contributed by atoms with Gasteiger partial charge in [0.05, 0.1) is 0 Å². The van der Waals surface area contributed by atoms with E-state index in [1.54, 1.807) is 0 Å². The second kappa shape index (κ2) is 40.4. The van der Waals surface area contributed by atoms with Gasteiger partial charge in [-0.1, -0.05) is 186 Å². The van der Waals surface area contributed by atoms with E-state index in [9.17, 15) is 14.4 Å². The summed E-state index contributed by atoms with van der Waals surface area (Å²) in [4.78, 5) is 37.5. The number of esters is 3. The van der Waals surface area contributed by atoms with Gasteiger partial charge in [0, 0.05) is 19.3 Å². The van der Waals surface area contributed by atoms with Crippen LogP contribution in [0.4, 0.5) is 0 Å². The van der Waals surface area contributed by atoms with Gasteiger partial charge in [-0.05, 0) is 44.9 Å². The van der Waals surface area contributed by atoms with Crippen LogP contribution in [0.3, 0.4) is 0 Å². The Morgan fingerprint density at radius 2 is 0.765 bits per heavy atom. The first kappa shape index (κ1) is 48.6. The summed E-state index contributed by atoms with van der Waals surface area (Å²) in [5.74, 6) is -0.947. The third-order valence-electron chi connectivity index (χ3n) is 9.16. The Kier molecular flexibility index (Phi) is 38.5. The number of ether oxygens (including phenoxy) is 3. The van der Waals surface area contributed by atoms with E-state index in [4.69, 9.17) is 14.2 Å². The van der Waals surface area contributed by atoms with Crippen molar-refractivity contribution in [3.8, 4) is 0 Å². The van der Waals surface area contributed by atoms with E-state index in [0.717, 1.165) is 64.2 Å². The summed E-state index contributed by atoms with van der Waals surface area (Å²) in [5.41, 5.74) is 0. The lowest BCUT2D eigenvalue weighted by molar-refractivity contribution is -0.167. The Balaban J connectivity index is 4.40. The summed E-state index contributed by atoms with van der Waals surface area (Å²) in [6.07, 6.45) is 44.2. The van der Waals surface area contributed by atoms with E-state index >= 15 is 0 Å². The van der Waals surface area contributed by atoms with Crippen molar-refractivity contribution in [1.82, 2.24) is 0 Å². The molecule has 0 heterocycles. The number of allylic oxidation sites excluding steroid dienone is 6. The zero-order valence-corrected chi connectivity index (χ0v) is 33.6. The molecular weight excluding hydrogens is 636 g/mol. The third kappa shape index (κ3) is 38.7. The number of rotatable bonds is 38. The fourth-order valence-electron chi connectivity index (χ4n) is 5.94. The van der Waals surface area contributed by atoms with Gasteiger partial charge >= 0.3 is 17.9 Å². The van der Waals surface area contributed by atoms with Gasteiger partial charge in [-0.2, -0.15) is 0 Å². The molecule has 1 atom stereocenters. The van der Waals surface area contributed by atoms with Crippen LogP contribution in [0.1, 0.15) is 213 Å². The predicted octanol–water partition coefficient (Wildman–Crippen LogP) is 13.4. The average molecular weight is 717 g/mol. The quantitative estimate of drug-likeness (QED) is 0.0274. The minimum absolute atomic E-state index is 0.0893. The van der Waals surface area contributed by atoms with Crippen LogP contribution in [0.5, 0.6) is 0 Å². The minimum atomic E-state index is -0.789. The Morgan fingerprint density at radius 3 is 1.18 bits per heavy atom. The first-order valence-electron chi connectivity index (χ1n) is 21.5. The van der Waals surface area contributed by atoms with E-state index in [0.29, 0.717) is 19.3 Å². The van der Waals surface area contributed by atoms with Crippen LogP contribution in [0.15, 0.2) is 36.5 Å². The summed E-state index contributed by atoms with van der Waals surface area (Å²) in [7, 11) is 0. The molecule has 6 heteroatoms. The largest absolute Gasteiger partial charge is 0.462 e. The van der Waals surface area contributed by atoms with E-state index in [1.807, 2.05) is 0 Å². The molecule has 0 rings (SSSR count). The van der Waals surface area contributed by atoms with Crippen molar-refractivity contribution in [2.75, 3.05) is 13.2 Å². The molecule has 0 aromatic carbocycles. The fourth-order valence-corrected chi connectivity index (χ4v) is 5.94. The molecule has 6 nitrogen and oxygen atoms in total. The van der Waals surface area contributed by atoms with Gasteiger partial charge in [-0.25, -0.2) is 0 Å². The van der Waals surface area contributed by atoms with Gasteiger partial charge in [0.25, 0.3) is 0 Å². The lowest BCUT2D eigenvalue weighted by Gasteiger charge is -2.18. The van der Waals surface area contributed by atoms with Crippen LogP contribution in [-0.4, -0.2) is 37.2 Å². The highest BCUT2D eigenvalue weighted by Crippen LogP contribution is 2.14. The molecule has 0 N–H and O–H groups in total. The van der Waals surface area contributed by atoms with Crippen molar-refractivity contribution >= 4 is 17.9 Å². The number of unbranched alkanes of at least 4 members (excludes halogenated alkanes) is 21. The maximum absolute atomic E-state index is 12.6. The standard InChI is InChI=1S/C45H80O6/c1-4-7-10-13-16-19-21-22-24-26-29-32-35-38-44(47)50-41-42(40-49-43(46)37-34-31-28-25-18-15-12-9-6-3)51-45(48)39-36-33-30-27-23-20-17-14-11-8-5-2/h8,11,17,20,27,30,42H,4-7,9-10,12-16,18-19,21-26,28-29,31-41H2,1-3H3/b11-8-,20-17-,30-27-. The number of carbonyl (C=O) groups excluding carboxylic acids is 3. The second-order valence-electron chi connectivity index (χ2n) is 14.2. The van der Waals surface area contributed by atoms with Crippen LogP contribution in [-0.2, 0) is 28.6 Å². The molecule has 0 saturated heterocycles. The topological polar surface area (TPSA) is 78.9 Å². The van der Waals surface area contributed by atoms with Crippen molar-refractivity contribution in [2.24, 2.45) is 0 Å². The summed E-state index contributed by atoms with van der Waals surface area (Å²) >= 11 is 0. The van der Waals surface area contributed by atoms with Gasteiger partial charge in [0.2, 0.25) is 0 Å². The zero-order chi connectivity index (χ0) is 37.3. The van der Waals surface area contributed by atoms with Gasteiger partial charge in [0.1, 0.15) is 13.2 Å². The molecular formula is C45H80O6. The third-order valence-corrected chi connectivity index (χ3v) is 9.16. The molecule has 0 amide bonds. The highest BCUT2D eigenvalue weighted by atomic mass is 16.6. The molecule has 0 saturated carbocycles. The molecule has 0 aromatic rings. The van der Waals surface area contributed by atoms with Gasteiger partial charge < -0.3 is 14.2 Å². The maximum atomic E-state index is 12.6. The molecule has 0 aromatic heterocycles. The lowest BCUT2D eigenvalue weighted by Crippen LogP contribution is -2.30. The second-order valence-corrected chi connectivity index (χ2v) is 14.2. The van der Waals surface area contributed by atoms with Gasteiger partial charge in [0.15, 0.2) is 6.10 Å². The molecule has 0 aliphatic rings. The SMILES string of the molecule is CC/C=C\C/C=C\C/C=C\CCCC(=O)OC(COC(=O)CCCCCCCCCCC)COC(=O)CCCCCCCCCCCCCCC. The van der Waals surface area contributed by atoms with E-state index in [-0.39, 0.29) is 37.5 Å². The molecule has 51 heavy (non-hydrogen) atoms. The summed E-state index contributed by atoms with van der Waals surface area (Å²) in [5, 5.41) is 0. The van der Waals surface area contributed by atoms with Crippen molar-refractivity contribution < 1.29 is 28.6 Å². The molecule has 296 valence electrons. The molecule has 0 aliphatic heterocycles. The molecule has 0 radical (unpaired) electrons. The number of hydrogen-bond donors (Lipinski definition) is 0. The molecule has 0 bridgehead atoms. The van der Waals surface area contributed by atoms with Crippen LogP contribution < -0.4 is 0 Å². The summed E-state index contributed by atoms with van der Waals surface area (Å²) < 4.78 is 16.6. The Bertz CT molecular complexity index is 876. The highest BCUT2D eigenvalue weighted by Gasteiger charge is 2.19. The molecule has 0 fully saturated rings. The van der Waals surface area contributed by atoms with Crippen molar-refractivity contribution in [3.63, 3.8) is 0 Å². The van der Waals surface area contributed by atoms with Crippen LogP contribution in [0.25, 0.3) is 0 Å². The van der Waals surface area contributed by atoms with Crippen molar-refractivity contribution in [1.29, 1.82) is 0 Å².